The van der Waals surface area contributed by atoms with E-state index in [2.05, 4.69) is 10.6 Å². The molecule has 1 unspecified atom stereocenters. The van der Waals surface area contributed by atoms with E-state index in [4.69, 9.17) is 0 Å². The summed E-state index contributed by atoms with van der Waals surface area (Å²) in [7, 11) is 0. The van der Waals surface area contributed by atoms with Gasteiger partial charge in [0.25, 0.3) is 0 Å². The maximum Gasteiger partial charge on any atom is 0.315 e. The molecule has 0 aliphatic carbocycles. The molecule has 1 heterocycles. The van der Waals surface area contributed by atoms with Crippen molar-refractivity contribution < 1.29 is 9.59 Å². The fourth-order valence-corrected chi connectivity index (χ4v) is 1.23. The van der Waals surface area contributed by atoms with E-state index in [1.54, 1.807) is 0 Å². The minimum absolute atomic E-state index is 0. The summed E-state index contributed by atoms with van der Waals surface area (Å²) in [6.45, 7) is 4.28. The molecule has 0 radical (unpaired) electrons. The molecule has 0 aromatic heterocycles. The van der Waals surface area contributed by atoms with Gasteiger partial charge in [0.15, 0.2) is 5.78 Å². The van der Waals surface area contributed by atoms with Crippen LogP contribution in [0.5, 0.6) is 0 Å². The van der Waals surface area contributed by atoms with Crippen LogP contribution in [0.4, 0.5) is 4.79 Å². The molecule has 76 valence electrons. The molecule has 2 N–H and O–H groups in total. The molecule has 0 saturated carbocycles. The zero-order valence-corrected chi connectivity index (χ0v) is 8.89. The third kappa shape index (κ3) is 3.26. The van der Waals surface area contributed by atoms with Crippen LogP contribution in [0.15, 0.2) is 0 Å². The molecule has 5 heteroatoms. The standard InChI is InChI=1S/C8H14N2O2.H2S/c1-5(2)7(11)6-3-4-9-8(12)10-6;/h5-6H,3-4H2,1-2H3,(H2,9,10,12);1H2. The fourth-order valence-electron chi connectivity index (χ4n) is 1.23. The Labute approximate surface area is 84.9 Å². The molecular formula is C8H16N2O2S. The average Bonchev–Trinajstić information content (AvgIpc) is 2.03. The van der Waals surface area contributed by atoms with Gasteiger partial charge in [-0.3, -0.25) is 4.79 Å². The predicted molar refractivity (Wildman–Crippen MR) is 55.2 cm³/mol. The Morgan fingerprint density at radius 2 is 2.15 bits per heavy atom. The molecule has 2 amide bonds. The van der Waals surface area contributed by atoms with Gasteiger partial charge in [-0.2, -0.15) is 13.5 Å². The molecule has 0 aromatic carbocycles. The van der Waals surface area contributed by atoms with E-state index in [9.17, 15) is 9.59 Å². The van der Waals surface area contributed by atoms with Crippen LogP contribution in [-0.2, 0) is 4.79 Å². The van der Waals surface area contributed by atoms with Crippen molar-refractivity contribution in [1.82, 2.24) is 10.6 Å². The zero-order chi connectivity index (χ0) is 9.14. The normalized spacial score (nSPS) is 21.5. The van der Waals surface area contributed by atoms with E-state index in [1.165, 1.54) is 0 Å². The van der Waals surface area contributed by atoms with Crippen LogP contribution >= 0.6 is 13.5 Å². The van der Waals surface area contributed by atoms with E-state index in [-0.39, 0.29) is 37.3 Å². The van der Waals surface area contributed by atoms with Crippen molar-refractivity contribution in [3.8, 4) is 0 Å². The number of urea groups is 1. The van der Waals surface area contributed by atoms with Crippen LogP contribution < -0.4 is 10.6 Å². The highest BCUT2D eigenvalue weighted by Gasteiger charge is 2.25. The van der Waals surface area contributed by atoms with Crippen LogP contribution in [0, 0.1) is 5.92 Å². The lowest BCUT2D eigenvalue weighted by Crippen LogP contribution is -2.53. The number of amides is 2. The van der Waals surface area contributed by atoms with Gasteiger partial charge < -0.3 is 10.6 Å². The highest BCUT2D eigenvalue weighted by molar-refractivity contribution is 7.59. The summed E-state index contributed by atoms with van der Waals surface area (Å²) in [6.07, 6.45) is 0.697. The lowest BCUT2D eigenvalue weighted by molar-refractivity contribution is -0.124. The van der Waals surface area contributed by atoms with E-state index in [0.717, 1.165) is 0 Å². The Kier molecular flexibility index (Phi) is 4.83. The summed E-state index contributed by atoms with van der Waals surface area (Å²) in [5.74, 6) is 0.109. The van der Waals surface area contributed by atoms with Crippen LogP contribution in [0.3, 0.4) is 0 Å². The first-order valence-electron chi connectivity index (χ1n) is 4.19. The highest BCUT2D eigenvalue weighted by atomic mass is 32.1. The topological polar surface area (TPSA) is 58.2 Å². The number of Topliss-reactive ketones (excluding diaryl/α,β-unsaturated/α-hetero) is 1. The van der Waals surface area contributed by atoms with Crippen LogP contribution in [0.25, 0.3) is 0 Å². The van der Waals surface area contributed by atoms with Crippen molar-refractivity contribution in [1.29, 1.82) is 0 Å². The largest absolute Gasteiger partial charge is 0.338 e. The zero-order valence-electron chi connectivity index (χ0n) is 7.89. The molecule has 1 aliphatic rings. The van der Waals surface area contributed by atoms with Gasteiger partial charge in [0, 0.05) is 12.5 Å². The number of ketones is 1. The summed E-state index contributed by atoms with van der Waals surface area (Å²) in [6, 6.07) is -0.515. The second-order valence-corrected chi connectivity index (χ2v) is 3.30. The third-order valence-electron chi connectivity index (χ3n) is 1.94. The number of hydrogen-bond donors (Lipinski definition) is 2. The Balaban J connectivity index is 0.00000144. The van der Waals surface area contributed by atoms with Crippen LogP contribution in [0.2, 0.25) is 0 Å². The maximum atomic E-state index is 11.4. The monoisotopic (exact) mass is 204 g/mol. The van der Waals surface area contributed by atoms with Gasteiger partial charge in [0.1, 0.15) is 0 Å². The molecule has 4 nitrogen and oxygen atoms in total. The molecule has 1 aliphatic heterocycles. The molecule has 0 aromatic rings. The van der Waals surface area contributed by atoms with E-state index in [1.807, 2.05) is 13.8 Å². The van der Waals surface area contributed by atoms with Crippen molar-refractivity contribution in [2.45, 2.75) is 26.3 Å². The summed E-state index contributed by atoms with van der Waals surface area (Å²) in [5.41, 5.74) is 0. The number of hydrogen-bond acceptors (Lipinski definition) is 2. The number of carbonyl (C=O) groups is 2. The summed E-state index contributed by atoms with van der Waals surface area (Å²) in [4.78, 5) is 22.2. The van der Waals surface area contributed by atoms with Crippen molar-refractivity contribution >= 4 is 25.3 Å². The first-order chi connectivity index (χ1) is 5.61. The van der Waals surface area contributed by atoms with Gasteiger partial charge in [-0.25, -0.2) is 4.79 Å². The lowest BCUT2D eigenvalue weighted by atomic mass is 9.98. The van der Waals surface area contributed by atoms with Crippen molar-refractivity contribution in [3.63, 3.8) is 0 Å². The molecule has 1 saturated heterocycles. The smallest absolute Gasteiger partial charge is 0.315 e. The molecule has 0 bridgehead atoms. The predicted octanol–water partition coefficient (Wildman–Crippen LogP) is 0.396. The van der Waals surface area contributed by atoms with Gasteiger partial charge in [0.05, 0.1) is 6.04 Å². The number of nitrogens with one attached hydrogen (secondary N) is 2. The highest BCUT2D eigenvalue weighted by Crippen LogP contribution is 2.05. The Morgan fingerprint density at radius 3 is 2.62 bits per heavy atom. The molecule has 1 atom stereocenters. The second-order valence-electron chi connectivity index (χ2n) is 3.30. The Morgan fingerprint density at radius 1 is 1.54 bits per heavy atom. The lowest BCUT2D eigenvalue weighted by Gasteiger charge is -2.24. The summed E-state index contributed by atoms with van der Waals surface area (Å²) in [5, 5.41) is 5.20. The van der Waals surface area contributed by atoms with E-state index >= 15 is 0 Å². The number of carbonyl (C=O) groups excluding carboxylic acids is 2. The number of rotatable bonds is 2. The van der Waals surface area contributed by atoms with E-state index in [0.29, 0.717) is 13.0 Å². The molecular weight excluding hydrogens is 188 g/mol. The fraction of sp³-hybridized carbons (Fsp3) is 0.750. The van der Waals surface area contributed by atoms with Gasteiger partial charge in [-0.15, -0.1) is 0 Å². The van der Waals surface area contributed by atoms with Crippen molar-refractivity contribution in [2.75, 3.05) is 6.54 Å². The Hall–Kier alpha value is -0.710. The first-order valence-corrected chi connectivity index (χ1v) is 4.19. The van der Waals surface area contributed by atoms with Gasteiger partial charge in [0.2, 0.25) is 0 Å². The SMILES string of the molecule is CC(C)C(=O)C1CCNC(=O)N1.S. The molecule has 0 spiro atoms. The van der Waals surface area contributed by atoms with E-state index < -0.39 is 0 Å². The minimum atomic E-state index is -0.279. The van der Waals surface area contributed by atoms with Crippen LogP contribution in [0.1, 0.15) is 20.3 Å². The van der Waals surface area contributed by atoms with Gasteiger partial charge in [-0.05, 0) is 6.42 Å². The quantitative estimate of drug-likeness (QED) is 0.684. The van der Waals surface area contributed by atoms with Gasteiger partial charge in [-0.1, -0.05) is 13.8 Å². The third-order valence-corrected chi connectivity index (χ3v) is 1.94. The summed E-state index contributed by atoms with van der Waals surface area (Å²) >= 11 is 0. The van der Waals surface area contributed by atoms with Gasteiger partial charge >= 0.3 is 6.03 Å². The Bertz CT molecular complexity index is 206. The molecule has 1 rings (SSSR count). The molecule has 13 heavy (non-hydrogen) atoms. The first kappa shape index (κ1) is 12.3. The summed E-state index contributed by atoms with van der Waals surface area (Å²) < 4.78 is 0. The van der Waals surface area contributed by atoms with Crippen molar-refractivity contribution in [2.24, 2.45) is 5.92 Å². The maximum absolute atomic E-state index is 11.4. The molecule has 1 fully saturated rings. The van der Waals surface area contributed by atoms with Crippen molar-refractivity contribution in [3.05, 3.63) is 0 Å². The second kappa shape index (κ2) is 5.11. The minimum Gasteiger partial charge on any atom is -0.338 e. The average molecular weight is 204 g/mol. The van der Waals surface area contributed by atoms with Crippen LogP contribution in [-0.4, -0.2) is 24.4 Å².